The molecule has 0 aliphatic rings. The summed E-state index contributed by atoms with van der Waals surface area (Å²) < 4.78 is 31.6. The monoisotopic (exact) mass is 303 g/mol. The number of H-pyrrole nitrogens is 1. The van der Waals surface area contributed by atoms with E-state index in [2.05, 4.69) is 14.9 Å². The third kappa shape index (κ3) is 4.04. The zero-order valence-corrected chi connectivity index (χ0v) is 13.0. The Morgan fingerprint density at radius 3 is 2.65 bits per heavy atom. The summed E-state index contributed by atoms with van der Waals surface area (Å²) in [5.74, 6) is -0.179. The number of nitrogens with one attached hydrogen (secondary N) is 2. The fraction of sp³-hybridized carbons (Fsp3) is 0.667. The van der Waals surface area contributed by atoms with Crippen LogP contribution in [0.2, 0.25) is 0 Å². The van der Waals surface area contributed by atoms with Crippen LogP contribution < -0.4 is 4.72 Å². The van der Waals surface area contributed by atoms with Gasteiger partial charge in [0.15, 0.2) is 5.03 Å². The minimum Gasteiger partial charge on any atom is -0.462 e. The van der Waals surface area contributed by atoms with Gasteiger partial charge in [0, 0.05) is 6.54 Å². The molecule has 0 spiro atoms. The topological polar surface area (TPSA) is 101 Å². The maximum Gasteiger partial charge on any atom is 0.342 e. The van der Waals surface area contributed by atoms with E-state index in [0.717, 1.165) is 6.20 Å². The average Bonchev–Trinajstić information content (AvgIpc) is 2.86. The van der Waals surface area contributed by atoms with E-state index in [1.807, 2.05) is 20.8 Å². The maximum atomic E-state index is 12.2. The molecule has 1 aromatic heterocycles. The van der Waals surface area contributed by atoms with Crippen molar-refractivity contribution >= 4 is 16.0 Å². The van der Waals surface area contributed by atoms with Crippen molar-refractivity contribution in [1.82, 2.24) is 14.9 Å². The van der Waals surface area contributed by atoms with E-state index in [1.165, 1.54) is 0 Å². The summed E-state index contributed by atoms with van der Waals surface area (Å²) in [6.45, 7) is 8.09. The first-order valence-corrected chi connectivity index (χ1v) is 7.98. The number of carbonyl (C=O) groups is 1. The molecule has 2 N–H and O–H groups in total. The Labute approximate surface area is 119 Å². The molecule has 0 amide bonds. The summed E-state index contributed by atoms with van der Waals surface area (Å²) in [4.78, 5) is 11.6. The van der Waals surface area contributed by atoms with Gasteiger partial charge < -0.3 is 4.74 Å². The highest BCUT2D eigenvalue weighted by Gasteiger charge is 2.26. The molecule has 0 saturated heterocycles. The zero-order valence-electron chi connectivity index (χ0n) is 12.1. The molecule has 0 fully saturated rings. The molecule has 1 aromatic rings. The van der Waals surface area contributed by atoms with Crippen LogP contribution in [-0.2, 0) is 14.8 Å². The maximum absolute atomic E-state index is 12.2. The first-order chi connectivity index (χ1) is 9.29. The summed E-state index contributed by atoms with van der Waals surface area (Å²) in [5.41, 5.74) is -0.0865. The van der Waals surface area contributed by atoms with Crippen LogP contribution in [-0.4, -0.2) is 37.7 Å². The number of hydrogen-bond acceptors (Lipinski definition) is 5. The molecule has 114 valence electrons. The molecule has 0 saturated carbocycles. The first kappa shape index (κ1) is 16.6. The van der Waals surface area contributed by atoms with E-state index < -0.39 is 16.0 Å². The Bertz CT molecular complexity index is 551. The molecule has 0 bridgehead atoms. The Hall–Kier alpha value is -1.41. The molecular formula is C12H21N3O4S. The smallest absolute Gasteiger partial charge is 0.342 e. The number of carbonyl (C=O) groups excluding carboxylic acids is 1. The second-order valence-electron chi connectivity index (χ2n) is 4.91. The lowest BCUT2D eigenvalue weighted by Gasteiger charge is -2.15. The minimum absolute atomic E-state index is 0.0865. The molecule has 1 atom stereocenters. The van der Waals surface area contributed by atoms with Gasteiger partial charge in [0.2, 0.25) is 0 Å². The van der Waals surface area contributed by atoms with Crippen LogP contribution in [0.3, 0.4) is 0 Å². The van der Waals surface area contributed by atoms with E-state index in [4.69, 9.17) is 4.74 Å². The molecule has 0 aliphatic heterocycles. The fourth-order valence-electron chi connectivity index (χ4n) is 1.38. The summed E-state index contributed by atoms with van der Waals surface area (Å²) in [7, 11) is -3.81. The van der Waals surface area contributed by atoms with Gasteiger partial charge in [0.1, 0.15) is 5.56 Å². The van der Waals surface area contributed by atoms with Crippen molar-refractivity contribution in [2.24, 2.45) is 11.8 Å². The van der Waals surface area contributed by atoms with Crippen molar-refractivity contribution in [3.63, 3.8) is 0 Å². The minimum atomic E-state index is -3.81. The number of rotatable bonds is 7. The predicted octanol–water partition coefficient (Wildman–Crippen LogP) is 1.16. The van der Waals surface area contributed by atoms with Crippen molar-refractivity contribution in [2.75, 3.05) is 13.2 Å². The van der Waals surface area contributed by atoms with Gasteiger partial charge in [-0.2, -0.15) is 5.10 Å². The first-order valence-electron chi connectivity index (χ1n) is 6.49. The van der Waals surface area contributed by atoms with Crippen molar-refractivity contribution in [2.45, 2.75) is 32.7 Å². The SMILES string of the molecule is CCOC(=O)c1cn[nH]c1S(=O)(=O)NCC(C)C(C)C. The molecule has 0 aromatic carbocycles. The van der Waals surface area contributed by atoms with Gasteiger partial charge in [-0.3, -0.25) is 5.10 Å². The summed E-state index contributed by atoms with van der Waals surface area (Å²) >= 11 is 0. The highest BCUT2D eigenvalue weighted by molar-refractivity contribution is 7.89. The number of sulfonamides is 1. The second kappa shape index (κ2) is 6.85. The number of esters is 1. The summed E-state index contributed by atoms with van der Waals surface area (Å²) in [6, 6.07) is 0. The largest absolute Gasteiger partial charge is 0.462 e. The quantitative estimate of drug-likeness (QED) is 0.736. The van der Waals surface area contributed by atoms with Crippen LogP contribution in [0, 0.1) is 11.8 Å². The Morgan fingerprint density at radius 1 is 1.45 bits per heavy atom. The van der Waals surface area contributed by atoms with Crippen LogP contribution in [0.15, 0.2) is 11.2 Å². The predicted molar refractivity (Wildman–Crippen MR) is 73.7 cm³/mol. The highest BCUT2D eigenvalue weighted by Crippen LogP contribution is 2.14. The van der Waals surface area contributed by atoms with Crippen LogP contribution >= 0.6 is 0 Å². The molecule has 20 heavy (non-hydrogen) atoms. The van der Waals surface area contributed by atoms with E-state index in [1.54, 1.807) is 6.92 Å². The van der Waals surface area contributed by atoms with E-state index in [-0.39, 0.29) is 23.1 Å². The molecule has 0 aliphatic carbocycles. The fourth-order valence-corrected chi connectivity index (χ4v) is 2.61. The van der Waals surface area contributed by atoms with Gasteiger partial charge in [-0.1, -0.05) is 20.8 Å². The van der Waals surface area contributed by atoms with E-state index >= 15 is 0 Å². The Balaban J connectivity index is 2.88. The number of ether oxygens (including phenoxy) is 1. The van der Waals surface area contributed by atoms with Crippen LogP contribution in [0.4, 0.5) is 0 Å². The molecular weight excluding hydrogens is 282 g/mol. The third-order valence-corrected chi connectivity index (χ3v) is 4.50. The second-order valence-corrected chi connectivity index (χ2v) is 6.61. The Morgan fingerprint density at radius 2 is 2.10 bits per heavy atom. The average molecular weight is 303 g/mol. The molecule has 8 heteroatoms. The normalized spacial score (nSPS) is 13.4. The number of nitrogens with zero attached hydrogens (tertiary/aromatic N) is 1. The number of hydrogen-bond donors (Lipinski definition) is 2. The van der Waals surface area contributed by atoms with Crippen molar-refractivity contribution in [3.8, 4) is 0 Å². The summed E-state index contributed by atoms with van der Waals surface area (Å²) in [5, 5.41) is 5.69. The van der Waals surface area contributed by atoms with Crippen LogP contribution in [0.25, 0.3) is 0 Å². The van der Waals surface area contributed by atoms with Gasteiger partial charge in [-0.15, -0.1) is 0 Å². The van der Waals surface area contributed by atoms with E-state index in [0.29, 0.717) is 12.5 Å². The molecule has 1 unspecified atom stereocenters. The van der Waals surface area contributed by atoms with Crippen LogP contribution in [0.5, 0.6) is 0 Å². The standard InChI is InChI=1S/C12H21N3O4S/c1-5-19-12(16)10-7-13-15-11(10)20(17,18)14-6-9(4)8(2)3/h7-9,14H,5-6H2,1-4H3,(H,13,15). The van der Waals surface area contributed by atoms with Crippen molar-refractivity contribution < 1.29 is 17.9 Å². The van der Waals surface area contributed by atoms with Gasteiger partial charge in [0.25, 0.3) is 10.0 Å². The molecule has 1 rings (SSSR count). The third-order valence-electron chi connectivity index (χ3n) is 3.10. The van der Waals surface area contributed by atoms with Gasteiger partial charge in [-0.25, -0.2) is 17.9 Å². The van der Waals surface area contributed by atoms with Gasteiger partial charge in [0.05, 0.1) is 12.8 Å². The lowest BCUT2D eigenvalue weighted by molar-refractivity contribution is 0.0522. The molecule has 0 radical (unpaired) electrons. The van der Waals surface area contributed by atoms with E-state index in [9.17, 15) is 13.2 Å². The zero-order chi connectivity index (χ0) is 15.3. The molecule has 1 heterocycles. The van der Waals surface area contributed by atoms with Gasteiger partial charge >= 0.3 is 5.97 Å². The Kier molecular flexibility index (Phi) is 5.70. The highest BCUT2D eigenvalue weighted by atomic mass is 32.2. The van der Waals surface area contributed by atoms with Gasteiger partial charge in [-0.05, 0) is 18.8 Å². The number of aromatic nitrogens is 2. The lowest BCUT2D eigenvalue weighted by atomic mass is 9.99. The van der Waals surface area contributed by atoms with Crippen LogP contribution in [0.1, 0.15) is 38.1 Å². The van der Waals surface area contributed by atoms with Crippen molar-refractivity contribution in [3.05, 3.63) is 11.8 Å². The number of aromatic amines is 1. The molecule has 7 nitrogen and oxygen atoms in total. The summed E-state index contributed by atoms with van der Waals surface area (Å²) in [6.07, 6.45) is 1.15. The lowest BCUT2D eigenvalue weighted by Crippen LogP contribution is -2.31. The van der Waals surface area contributed by atoms with Crippen molar-refractivity contribution in [1.29, 1.82) is 0 Å².